The summed E-state index contributed by atoms with van der Waals surface area (Å²) in [5, 5.41) is 0. The minimum absolute atomic E-state index is 0.00368. The first-order chi connectivity index (χ1) is 10.9. The number of aromatic nitrogens is 2. The van der Waals surface area contributed by atoms with Crippen LogP contribution >= 0.6 is 0 Å². The Kier molecular flexibility index (Phi) is 3.59. The number of carbonyl (C=O) groups excluding carboxylic acids is 1. The van der Waals surface area contributed by atoms with Crippen LogP contribution in [-0.2, 0) is 5.67 Å². The summed E-state index contributed by atoms with van der Waals surface area (Å²) in [4.78, 5) is 20.5. The van der Waals surface area contributed by atoms with Gasteiger partial charge in [-0.1, -0.05) is 6.07 Å². The van der Waals surface area contributed by atoms with Gasteiger partial charge in [-0.15, -0.1) is 0 Å². The number of alkyl halides is 1. The summed E-state index contributed by atoms with van der Waals surface area (Å²) in [7, 11) is 1.33. The highest BCUT2D eigenvalue weighted by molar-refractivity contribution is 5.91. The van der Waals surface area contributed by atoms with Crippen molar-refractivity contribution in [3.8, 4) is 5.75 Å². The van der Waals surface area contributed by atoms with E-state index < -0.39 is 17.4 Å². The molecule has 1 amide bonds. The predicted molar refractivity (Wildman–Crippen MR) is 78.5 cm³/mol. The zero-order chi connectivity index (χ0) is 16.6. The number of amides is 1. The Morgan fingerprint density at radius 3 is 2.74 bits per heavy atom. The number of hydrogen-bond donors (Lipinski definition) is 1. The smallest absolute Gasteiger partial charge is 0.267 e. The fourth-order valence-corrected chi connectivity index (χ4v) is 2.50. The molecule has 6 nitrogen and oxygen atoms in total. The van der Waals surface area contributed by atoms with Crippen molar-refractivity contribution in [2.45, 2.75) is 5.67 Å². The van der Waals surface area contributed by atoms with E-state index in [9.17, 15) is 13.6 Å². The van der Waals surface area contributed by atoms with E-state index in [2.05, 4.69) is 9.97 Å². The summed E-state index contributed by atoms with van der Waals surface area (Å²) in [5.41, 5.74) is 3.92. The summed E-state index contributed by atoms with van der Waals surface area (Å²) in [6.45, 7) is 0.0496. The molecule has 0 saturated carbocycles. The molecule has 2 heterocycles. The van der Waals surface area contributed by atoms with Gasteiger partial charge < -0.3 is 15.4 Å². The summed E-state index contributed by atoms with van der Waals surface area (Å²) in [6, 6.07) is 5.33. The SMILES string of the molecule is COc1cc(C2(F)CN(c3cc(C(N)=O)ncn3)C2)ccc1F. The van der Waals surface area contributed by atoms with Crippen LogP contribution in [0.15, 0.2) is 30.6 Å². The van der Waals surface area contributed by atoms with Gasteiger partial charge in [0, 0.05) is 6.07 Å². The van der Waals surface area contributed by atoms with Gasteiger partial charge in [-0.3, -0.25) is 4.79 Å². The monoisotopic (exact) mass is 320 g/mol. The highest BCUT2D eigenvalue weighted by atomic mass is 19.1. The van der Waals surface area contributed by atoms with Gasteiger partial charge in [0.05, 0.1) is 20.2 Å². The van der Waals surface area contributed by atoms with E-state index in [1.54, 1.807) is 4.90 Å². The number of benzene rings is 1. The number of nitrogens with zero attached hydrogens (tertiary/aromatic N) is 3. The lowest BCUT2D eigenvalue weighted by atomic mass is 9.87. The fourth-order valence-electron chi connectivity index (χ4n) is 2.50. The molecule has 0 unspecified atom stereocenters. The zero-order valence-corrected chi connectivity index (χ0v) is 12.3. The molecule has 2 aromatic rings. The molecule has 0 spiro atoms. The number of halogens is 2. The molecule has 0 aliphatic carbocycles. The van der Waals surface area contributed by atoms with Gasteiger partial charge in [0.1, 0.15) is 17.8 Å². The highest BCUT2D eigenvalue weighted by Gasteiger charge is 2.46. The minimum atomic E-state index is -1.64. The normalized spacial score (nSPS) is 15.9. The van der Waals surface area contributed by atoms with E-state index >= 15 is 0 Å². The number of ether oxygens (including phenoxy) is 1. The van der Waals surface area contributed by atoms with Gasteiger partial charge in [-0.25, -0.2) is 18.7 Å². The van der Waals surface area contributed by atoms with Crippen LogP contribution < -0.4 is 15.4 Å². The maximum absolute atomic E-state index is 14.9. The van der Waals surface area contributed by atoms with Crippen LogP contribution in [-0.4, -0.2) is 36.1 Å². The Morgan fingerprint density at radius 1 is 1.35 bits per heavy atom. The van der Waals surface area contributed by atoms with Crippen LogP contribution in [0.3, 0.4) is 0 Å². The molecule has 3 rings (SSSR count). The maximum atomic E-state index is 14.9. The van der Waals surface area contributed by atoms with Crippen LogP contribution in [0.2, 0.25) is 0 Å². The Morgan fingerprint density at radius 2 is 2.09 bits per heavy atom. The van der Waals surface area contributed by atoms with Gasteiger partial charge in [0.25, 0.3) is 5.91 Å². The number of hydrogen-bond acceptors (Lipinski definition) is 5. The molecule has 1 aliphatic rings. The van der Waals surface area contributed by atoms with E-state index in [1.807, 2.05) is 0 Å². The van der Waals surface area contributed by atoms with Crippen molar-refractivity contribution in [2.75, 3.05) is 25.1 Å². The molecule has 120 valence electrons. The third-order valence-corrected chi connectivity index (χ3v) is 3.78. The summed E-state index contributed by atoms with van der Waals surface area (Å²) in [5.74, 6) is -0.811. The molecule has 1 aromatic heterocycles. The first kappa shape index (κ1) is 15.1. The van der Waals surface area contributed by atoms with Crippen LogP contribution in [0.1, 0.15) is 16.1 Å². The Bertz CT molecular complexity index is 763. The summed E-state index contributed by atoms with van der Waals surface area (Å²) in [6.07, 6.45) is 1.20. The Hall–Kier alpha value is -2.77. The van der Waals surface area contributed by atoms with Crippen molar-refractivity contribution in [2.24, 2.45) is 5.73 Å². The largest absolute Gasteiger partial charge is 0.494 e. The molecule has 8 heteroatoms. The second-order valence-corrected chi connectivity index (χ2v) is 5.30. The van der Waals surface area contributed by atoms with E-state index in [-0.39, 0.29) is 24.5 Å². The van der Waals surface area contributed by atoms with E-state index in [0.717, 1.165) is 0 Å². The third kappa shape index (κ3) is 2.67. The average Bonchev–Trinajstić information content (AvgIpc) is 2.52. The predicted octanol–water partition coefficient (Wildman–Crippen LogP) is 1.41. The van der Waals surface area contributed by atoms with Crippen LogP contribution in [0.5, 0.6) is 5.75 Å². The molecule has 1 fully saturated rings. The van der Waals surface area contributed by atoms with Crippen LogP contribution in [0.25, 0.3) is 0 Å². The summed E-state index contributed by atoms with van der Waals surface area (Å²) >= 11 is 0. The Balaban J connectivity index is 1.79. The number of carbonyl (C=O) groups is 1. The first-order valence-electron chi connectivity index (χ1n) is 6.83. The van der Waals surface area contributed by atoms with Gasteiger partial charge in [0.2, 0.25) is 0 Å². The quantitative estimate of drug-likeness (QED) is 0.921. The lowest BCUT2D eigenvalue weighted by molar-refractivity contribution is 0.0995. The minimum Gasteiger partial charge on any atom is -0.494 e. The van der Waals surface area contributed by atoms with Gasteiger partial charge in [-0.05, 0) is 17.7 Å². The van der Waals surface area contributed by atoms with E-state index in [1.165, 1.54) is 37.7 Å². The number of rotatable bonds is 4. The van der Waals surface area contributed by atoms with E-state index in [0.29, 0.717) is 11.4 Å². The molecule has 1 saturated heterocycles. The fraction of sp³-hybridized carbons (Fsp3) is 0.267. The molecule has 2 N–H and O–H groups in total. The molecule has 0 bridgehead atoms. The lowest BCUT2D eigenvalue weighted by Gasteiger charge is -2.45. The Labute approximate surface area is 130 Å². The van der Waals surface area contributed by atoms with Gasteiger partial charge in [0.15, 0.2) is 17.2 Å². The number of nitrogens with two attached hydrogens (primary N) is 1. The van der Waals surface area contributed by atoms with Gasteiger partial charge >= 0.3 is 0 Å². The number of primary amides is 1. The van der Waals surface area contributed by atoms with Crippen molar-refractivity contribution < 1.29 is 18.3 Å². The van der Waals surface area contributed by atoms with Gasteiger partial charge in [-0.2, -0.15) is 0 Å². The van der Waals surface area contributed by atoms with Crippen LogP contribution in [0, 0.1) is 5.82 Å². The highest BCUT2D eigenvalue weighted by Crippen LogP contribution is 2.39. The average molecular weight is 320 g/mol. The number of anilines is 1. The van der Waals surface area contributed by atoms with Crippen molar-refractivity contribution in [3.05, 3.63) is 47.7 Å². The molecule has 0 radical (unpaired) electrons. The zero-order valence-electron chi connectivity index (χ0n) is 12.3. The standard InChI is InChI=1S/C15H14F2N4O2/c1-23-12-4-9(2-3-10(12)16)15(17)6-21(7-15)13-5-11(14(18)22)19-8-20-13/h2-5,8H,6-7H2,1H3,(H2,18,22). The molecule has 0 atom stereocenters. The van der Waals surface area contributed by atoms with Crippen LogP contribution in [0.4, 0.5) is 14.6 Å². The third-order valence-electron chi connectivity index (χ3n) is 3.78. The molecule has 1 aromatic carbocycles. The van der Waals surface area contributed by atoms with Crippen molar-refractivity contribution in [3.63, 3.8) is 0 Å². The molecular weight excluding hydrogens is 306 g/mol. The summed E-state index contributed by atoms with van der Waals surface area (Å²) < 4.78 is 33.2. The second-order valence-electron chi connectivity index (χ2n) is 5.30. The second kappa shape index (κ2) is 5.45. The molecule has 23 heavy (non-hydrogen) atoms. The van der Waals surface area contributed by atoms with E-state index in [4.69, 9.17) is 10.5 Å². The van der Waals surface area contributed by atoms with Crippen molar-refractivity contribution in [1.82, 2.24) is 9.97 Å². The van der Waals surface area contributed by atoms with Crippen molar-refractivity contribution >= 4 is 11.7 Å². The maximum Gasteiger partial charge on any atom is 0.267 e. The topological polar surface area (TPSA) is 81.3 Å². The molecular formula is C15H14F2N4O2. The lowest BCUT2D eigenvalue weighted by Crippen LogP contribution is -2.57. The van der Waals surface area contributed by atoms with Crippen molar-refractivity contribution in [1.29, 1.82) is 0 Å². The number of methoxy groups -OCH3 is 1. The first-order valence-corrected chi connectivity index (χ1v) is 6.83. The molecule has 1 aliphatic heterocycles.